The first-order valence-corrected chi connectivity index (χ1v) is 13.2. The van der Waals surface area contributed by atoms with Crippen LogP contribution in [0.3, 0.4) is 0 Å². The molecule has 0 saturated heterocycles. The van der Waals surface area contributed by atoms with Gasteiger partial charge in [0.2, 0.25) is 0 Å². The van der Waals surface area contributed by atoms with Crippen molar-refractivity contribution in [2.45, 2.75) is 66.2 Å². The molecular weight excluding hydrogens is 412 g/mol. The third-order valence-electron chi connectivity index (χ3n) is 7.39. The Morgan fingerprint density at radius 2 is 1.58 bits per heavy atom. The molecule has 2 heteroatoms. The van der Waals surface area contributed by atoms with Crippen molar-refractivity contribution in [2.75, 3.05) is 0 Å². The van der Waals surface area contributed by atoms with Crippen LogP contribution in [-0.4, -0.2) is 0 Å². The summed E-state index contributed by atoms with van der Waals surface area (Å²) in [6.45, 7) is 14.0. The molecule has 0 unspecified atom stereocenters. The highest BCUT2D eigenvalue weighted by atomic mass is 32.1. The number of allylic oxidation sites excluding steroid dienone is 2. The summed E-state index contributed by atoms with van der Waals surface area (Å²) >= 11 is 3.88. The Labute approximate surface area is 195 Å². The number of aryl methyl sites for hydroxylation is 4. The van der Waals surface area contributed by atoms with E-state index in [1.54, 1.807) is 11.1 Å². The lowest BCUT2D eigenvalue weighted by Gasteiger charge is -2.40. The minimum atomic E-state index is 0.0196. The monoisotopic (exact) mass is 444 g/mol. The Bertz CT molecular complexity index is 1230. The van der Waals surface area contributed by atoms with Crippen molar-refractivity contribution >= 4 is 39.9 Å². The number of thiophene rings is 2. The minimum Gasteiger partial charge on any atom is -0.145 e. The van der Waals surface area contributed by atoms with Crippen molar-refractivity contribution in [3.63, 3.8) is 0 Å². The van der Waals surface area contributed by atoms with Gasteiger partial charge < -0.3 is 0 Å². The molecule has 2 aromatic heterocycles. The Morgan fingerprint density at radius 1 is 0.903 bits per heavy atom. The van der Waals surface area contributed by atoms with Crippen LogP contribution in [0.5, 0.6) is 0 Å². The number of hydrogen-bond acceptors (Lipinski definition) is 2. The molecule has 3 aromatic rings. The fraction of sp³-hybridized carbons (Fsp3) is 0.379. The van der Waals surface area contributed by atoms with E-state index < -0.39 is 0 Å². The number of rotatable bonds is 5. The number of hydrogen-bond donors (Lipinski definition) is 0. The van der Waals surface area contributed by atoms with E-state index in [1.807, 2.05) is 22.7 Å². The van der Waals surface area contributed by atoms with Gasteiger partial charge in [-0.2, -0.15) is 0 Å². The van der Waals surface area contributed by atoms with Crippen molar-refractivity contribution in [1.29, 1.82) is 0 Å². The fourth-order valence-corrected chi connectivity index (χ4v) is 7.92. The van der Waals surface area contributed by atoms with Crippen LogP contribution in [0.15, 0.2) is 36.4 Å². The van der Waals surface area contributed by atoms with E-state index in [-0.39, 0.29) is 5.41 Å². The first kappa shape index (κ1) is 21.0. The second kappa shape index (κ2) is 7.60. The molecule has 2 aliphatic rings. The first-order valence-electron chi connectivity index (χ1n) is 11.6. The maximum atomic E-state index is 2.54. The molecule has 1 aromatic carbocycles. The second-order valence-electron chi connectivity index (χ2n) is 9.48. The van der Waals surface area contributed by atoms with E-state index in [1.165, 1.54) is 66.6 Å². The van der Waals surface area contributed by atoms with Crippen LogP contribution in [-0.2, 0) is 5.41 Å². The van der Waals surface area contributed by atoms with E-state index in [9.17, 15) is 0 Å². The van der Waals surface area contributed by atoms with Crippen LogP contribution < -0.4 is 0 Å². The van der Waals surface area contributed by atoms with Crippen LogP contribution >= 0.6 is 22.7 Å². The van der Waals surface area contributed by atoms with Gasteiger partial charge in [0, 0.05) is 24.9 Å². The molecule has 31 heavy (non-hydrogen) atoms. The molecule has 0 amide bonds. The van der Waals surface area contributed by atoms with Gasteiger partial charge in [-0.1, -0.05) is 57.0 Å². The van der Waals surface area contributed by atoms with E-state index in [4.69, 9.17) is 0 Å². The predicted molar refractivity (Wildman–Crippen MR) is 139 cm³/mol. The van der Waals surface area contributed by atoms with Gasteiger partial charge in [-0.3, -0.25) is 0 Å². The van der Waals surface area contributed by atoms with Crippen molar-refractivity contribution < 1.29 is 0 Å². The van der Waals surface area contributed by atoms with E-state index >= 15 is 0 Å². The lowest BCUT2D eigenvalue weighted by Crippen LogP contribution is -2.33. The average molecular weight is 445 g/mol. The lowest BCUT2D eigenvalue weighted by atomic mass is 9.62. The largest absolute Gasteiger partial charge is 0.145 e. The summed E-state index contributed by atoms with van der Waals surface area (Å²) in [6, 6.07) is 11.8. The van der Waals surface area contributed by atoms with Gasteiger partial charge in [0.05, 0.1) is 0 Å². The molecule has 0 saturated carbocycles. The van der Waals surface area contributed by atoms with Gasteiger partial charge in [-0.15, -0.1) is 22.7 Å². The van der Waals surface area contributed by atoms with Gasteiger partial charge in [0.25, 0.3) is 0 Å². The number of unbranched alkanes of at least 4 members (excludes halogenated alkanes) is 1. The molecule has 0 nitrogen and oxygen atoms in total. The van der Waals surface area contributed by atoms with Gasteiger partial charge in [0.1, 0.15) is 0 Å². The van der Waals surface area contributed by atoms with Gasteiger partial charge in [-0.05, 0) is 91.1 Å². The summed E-state index contributed by atoms with van der Waals surface area (Å²) < 4.78 is 0. The maximum absolute atomic E-state index is 2.54. The summed E-state index contributed by atoms with van der Waals surface area (Å²) in [7, 11) is 0. The van der Waals surface area contributed by atoms with Crippen molar-refractivity contribution in [2.24, 2.45) is 5.92 Å². The van der Waals surface area contributed by atoms with Crippen molar-refractivity contribution in [3.8, 4) is 0 Å². The second-order valence-corrected chi connectivity index (χ2v) is 12.4. The molecular formula is C29H32S2. The summed E-state index contributed by atoms with van der Waals surface area (Å²) in [5.41, 5.74) is 10.4. The maximum Gasteiger partial charge on any atom is 0.0262 e. The van der Waals surface area contributed by atoms with E-state index in [0.29, 0.717) is 5.92 Å². The molecule has 2 aliphatic carbocycles. The molecule has 0 spiro atoms. The van der Waals surface area contributed by atoms with E-state index in [0.717, 1.165) is 0 Å². The van der Waals surface area contributed by atoms with Crippen LogP contribution in [0.4, 0.5) is 0 Å². The zero-order chi connectivity index (χ0) is 21.9. The topological polar surface area (TPSA) is 0 Å². The Balaban J connectivity index is 1.89. The highest BCUT2D eigenvalue weighted by Gasteiger charge is 2.49. The summed E-state index contributed by atoms with van der Waals surface area (Å²) in [4.78, 5) is 5.70. The van der Waals surface area contributed by atoms with Gasteiger partial charge >= 0.3 is 0 Å². The Morgan fingerprint density at radius 3 is 2.19 bits per heavy atom. The Hall–Kier alpha value is -1.90. The zero-order valence-corrected chi connectivity index (χ0v) is 21.2. The average Bonchev–Trinajstić information content (AvgIpc) is 3.32. The molecule has 0 N–H and O–H groups in total. The SMILES string of the molecule is CCCC[C@H]1C=Cc2cccc3c2[C@@]1(C)C(c1cc(C)sc1C)=C3c1cc(C)sc1C. The predicted octanol–water partition coefficient (Wildman–Crippen LogP) is 9.11. The molecule has 2 atom stereocenters. The van der Waals surface area contributed by atoms with Gasteiger partial charge in [0.15, 0.2) is 0 Å². The summed E-state index contributed by atoms with van der Waals surface area (Å²) in [6.07, 6.45) is 8.70. The molecule has 160 valence electrons. The van der Waals surface area contributed by atoms with Crippen LogP contribution in [0.25, 0.3) is 17.2 Å². The third-order valence-corrected chi connectivity index (χ3v) is 9.33. The van der Waals surface area contributed by atoms with Crippen LogP contribution in [0.2, 0.25) is 0 Å². The summed E-state index contributed by atoms with van der Waals surface area (Å²) in [5.74, 6) is 0.535. The van der Waals surface area contributed by atoms with Crippen molar-refractivity contribution in [1.82, 2.24) is 0 Å². The molecule has 2 heterocycles. The lowest BCUT2D eigenvalue weighted by molar-refractivity contribution is 0.405. The van der Waals surface area contributed by atoms with Crippen LogP contribution in [0.1, 0.15) is 80.4 Å². The molecule has 0 bridgehead atoms. The van der Waals surface area contributed by atoms with Crippen molar-refractivity contribution in [3.05, 3.63) is 83.7 Å². The van der Waals surface area contributed by atoms with Crippen LogP contribution in [0, 0.1) is 33.6 Å². The third kappa shape index (κ3) is 3.06. The summed E-state index contributed by atoms with van der Waals surface area (Å²) in [5, 5.41) is 0. The highest BCUT2D eigenvalue weighted by molar-refractivity contribution is 7.12. The van der Waals surface area contributed by atoms with E-state index in [2.05, 4.69) is 84.0 Å². The normalized spacial score (nSPS) is 21.8. The zero-order valence-electron chi connectivity index (χ0n) is 19.6. The minimum absolute atomic E-state index is 0.0196. The standard InChI is InChI=1S/C29H32S2/c1-7-8-11-22-14-13-21-10-9-12-23-26(24-15-17(2)30-19(24)4)28(29(22,6)27(21)23)25-16-18(3)31-20(25)5/h9-10,12-16,22H,7-8,11H2,1-6H3/t22-,29-/m0/s1. The molecule has 0 fully saturated rings. The van der Waals surface area contributed by atoms with Gasteiger partial charge in [-0.25, -0.2) is 0 Å². The molecule has 0 radical (unpaired) electrons. The molecule has 5 rings (SSSR count). The smallest absolute Gasteiger partial charge is 0.0262 e. The Kier molecular flexibility index (Phi) is 5.14. The molecule has 0 aliphatic heterocycles. The first-order chi connectivity index (χ1) is 14.9. The fourth-order valence-electron chi connectivity index (χ4n) is 6.06. The highest BCUT2D eigenvalue weighted by Crippen LogP contribution is 2.61. The quantitative estimate of drug-likeness (QED) is 0.368. The number of benzene rings is 1.